The Hall–Kier alpha value is -2.78. The maximum absolute atomic E-state index is 12.6. The molecule has 3 nitrogen and oxygen atoms in total. The molecule has 3 aromatic carbocycles. The van der Waals surface area contributed by atoms with Gasteiger partial charge in [0.1, 0.15) is 5.75 Å². The van der Waals surface area contributed by atoms with Gasteiger partial charge in [0.05, 0.1) is 12.7 Å². The van der Waals surface area contributed by atoms with Crippen molar-refractivity contribution in [3.63, 3.8) is 0 Å². The summed E-state index contributed by atoms with van der Waals surface area (Å²) in [5.74, 6) is 0.544. The number of halogens is 1. The average molecular weight is 380 g/mol. The summed E-state index contributed by atoms with van der Waals surface area (Å²) >= 11 is 6.03. The van der Waals surface area contributed by atoms with E-state index >= 15 is 0 Å². The topological polar surface area (TPSA) is 38.3 Å². The third kappa shape index (κ3) is 4.89. The minimum atomic E-state index is -0.186. The van der Waals surface area contributed by atoms with E-state index in [2.05, 4.69) is 29.6 Å². The number of nitrogens with one attached hydrogen (secondary N) is 1. The molecular weight excluding hydrogens is 358 g/mol. The second-order valence-electron chi connectivity index (χ2n) is 6.26. The Labute approximate surface area is 164 Å². The number of rotatable bonds is 7. The molecule has 0 radical (unpaired) electrons. The second kappa shape index (κ2) is 9.24. The van der Waals surface area contributed by atoms with Gasteiger partial charge in [-0.3, -0.25) is 4.79 Å². The van der Waals surface area contributed by atoms with Crippen LogP contribution in [0.5, 0.6) is 5.75 Å². The van der Waals surface area contributed by atoms with Crippen LogP contribution in [0.4, 0.5) is 0 Å². The molecule has 0 bridgehead atoms. The van der Waals surface area contributed by atoms with Gasteiger partial charge in [0.15, 0.2) is 0 Å². The van der Waals surface area contributed by atoms with Gasteiger partial charge in [-0.1, -0.05) is 72.3 Å². The van der Waals surface area contributed by atoms with Crippen LogP contribution in [-0.4, -0.2) is 19.6 Å². The molecule has 3 aromatic rings. The van der Waals surface area contributed by atoms with Crippen molar-refractivity contribution in [2.75, 3.05) is 13.7 Å². The van der Waals surface area contributed by atoms with E-state index in [4.69, 9.17) is 16.3 Å². The molecule has 0 saturated carbocycles. The van der Waals surface area contributed by atoms with E-state index in [0.29, 0.717) is 22.9 Å². The molecule has 0 heterocycles. The molecule has 27 heavy (non-hydrogen) atoms. The Balaban J connectivity index is 1.71. The molecule has 0 spiro atoms. The maximum atomic E-state index is 12.6. The minimum Gasteiger partial charge on any atom is -0.496 e. The average Bonchev–Trinajstić information content (AvgIpc) is 2.72. The third-order valence-electron chi connectivity index (χ3n) is 4.53. The fraction of sp³-hybridized carbons (Fsp3) is 0.174. The molecule has 0 aromatic heterocycles. The van der Waals surface area contributed by atoms with Crippen molar-refractivity contribution < 1.29 is 9.53 Å². The van der Waals surface area contributed by atoms with E-state index < -0.39 is 0 Å². The lowest BCUT2D eigenvalue weighted by molar-refractivity contribution is 0.0950. The molecule has 1 N–H and O–H groups in total. The van der Waals surface area contributed by atoms with Gasteiger partial charge in [-0.2, -0.15) is 0 Å². The molecule has 0 aliphatic carbocycles. The van der Waals surface area contributed by atoms with Gasteiger partial charge in [-0.25, -0.2) is 0 Å². The van der Waals surface area contributed by atoms with Gasteiger partial charge < -0.3 is 10.1 Å². The summed E-state index contributed by atoms with van der Waals surface area (Å²) in [6.45, 7) is 0.545. The largest absolute Gasteiger partial charge is 0.496 e. The van der Waals surface area contributed by atoms with Crippen LogP contribution in [0.1, 0.15) is 33.8 Å². The molecule has 1 amide bonds. The molecule has 0 fully saturated rings. The first-order valence-corrected chi connectivity index (χ1v) is 9.28. The van der Waals surface area contributed by atoms with Crippen molar-refractivity contribution in [1.82, 2.24) is 5.32 Å². The second-order valence-corrected chi connectivity index (χ2v) is 6.70. The molecule has 0 aliphatic rings. The highest BCUT2D eigenvalue weighted by Crippen LogP contribution is 2.27. The Kier molecular flexibility index (Phi) is 6.50. The number of amides is 1. The predicted molar refractivity (Wildman–Crippen MR) is 110 cm³/mol. The van der Waals surface area contributed by atoms with Gasteiger partial charge in [0.2, 0.25) is 0 Å². The monoisotopic (exact) mass is 379 g/mol. The molecule has 4 heteroatoms. The minimum absolute atomic E-state index is 0.186. The SMILES string of the molecule is COc1ccc(Cl)cc1C(=O)NCCC(c1ccccc1)c1ccccc1. The van der Waals surface area contributed by atoms with Gasteiger partial charge >= 0.3 is 0 Å². The molecule has 0 aliphatic heterocycles. The summed E-state index contributed by atoms with van der Waals surface area (Å²) in [7, 11) is 1.54. The Bertz CT molecular complexity index is 842. The first-order chi connectivity index (χ1) is 13.2. The summed E-state index contributed by atoms with van der Waals surface area (Å²) in [5.41, 5.74) is 2.91. The predicted octanol–water partition coefficient (Wildman–Crippen LogP) is 5.30. The fourth-order valence-corrected chi connectivity index (χ4v) is 3.35. The zero-order valence-corrected chi connectivity index (χ0v) is 15.9. The first-order valence-electron chi connectivity index (χ1n) is 8.90. The van der Waals surface area contributed by atoms with E-state index in [9.17, 15) is 4.79 Å². The van der Waals surface area contributed by atoms with Crippen molar-refractivity contribution in [1.29, 1.82) is 0 Å². The van der Waals surface area contributed by atoms with Crippen LogP contribution in [0.2, 0.25) is 5.02 Å². The van der Waals surface area contributed by atoms with E-state index in [-0.39, 0.29) is 11.8 Å². The Morgan fingerprint density at radius 3 is 2.11 bits per heavy atom. The first kappa shape index (κ1) is 19.0. The van der Waals surface area contributed by atoms with Crippen molar-refractivity contribution in [2.45, 2.75) is 12.3 Å². The molecule has 3 rings (SSSR count). The summed E-state index contributed by atoms with van der Waals surface area (Å²) < 4.78 is 5.27. The Morgan fingerprint density at radius 2 is 1.56 bits per heavy atom. The molecule has 138 valence electrons. The standard InChI is InChI=1S/C23H22ClNO2/c1-27-22-13-12-19(24)16-21(22)23(26)25-15-14-20(17-8-4-2-5-9-17)18-10-6-3-7-11-18/h2-13,16,20H,14-15H2,1H3,(H,25,26). The van der Waals surface area contributed by atoms with Crippen molar-refractivity contribution in [3.8, 4) is 5.75 Å². The van der Waals surface area contributed by atoms with Crippen LogP contribution in [0.15, 0.2) is 78.9 Å². The molecule has 0 saturated heterocycles. The number of methoxy groups -OCH3 is 1. The van der Waals surface area contributed by atoms with Crippen LogP contribution in [-0.2, 0) is 0 Å². The van der Waals surface area contributed by atoms with Crippen LogP contribution < -0.4 is 10.1 Å². The fourth-order valence-electron chi connectivity index (χ4n) is 3.18. The lowest BCUT2D eigenvalue weighted by Crippen LogP contribution is -2.26. The zero-order valence-electron chi connectivity index (χ0n) is 15.2. The third-order valence-corrected chi connectivity index (χ3v) is 4.76. The Morgan fingerprint density at radius 1 is 0.963 bits per heavy atom. The van der Waals surface area contributed by atoms with Crippen LogP contribution in [0.25, 0.3) is 0 Å². The maximum Gasteiger partial charge on any atom is 0.255 e. The highest BCUT2D eigenvalue weighted by Gasteiger charge is 2.16. The van der Waals surface area contributed by atoms with Crippen LogP contribution in [0, 0.1) is 0 Å². The lowest BCUT2D eigenvalue weighted by atomic mass is 9.88. The number of hydrogen-bond acceptors (Lipinski definition) is 2. The molecular formula is C23H22ClNO2. The number of benzene rings is 3. The molecule has 0 unspecified atom stereocenters. The highest BCUT2D eigenvalue weighted by molar-refractivity contribution is 6.31. The van der Waals surface area contributed by atoms with Gasteiger partial charge in [0.25, 0.3) is 5.91 Å². The smallest absolute Gasteiger partial charge is 0.255 e. The molecule has 0 atom stereocenters. The summed E-state index contributed by atoms with van der Waals surface area (Å²) in [5, 5.41) is 3.50. The number of hydrogen-bond donors (Lipinski definition) is 1. The van der Waals surface area contributed by atoms with Crippen molar-refractivity contribution >= 4 is 17.5 Å². The summed E-state index contributed by atoms with van der Waals surface area (Å²) in [4.78, 5) is 12.6. The van der Waals surface area contributed by atoms with Gasteiger partial charge in [-0.15, -0.1) is 0 Å². The van der Waals surface area contributed by atoms with E-state index in [1.54, 1.807) is 25.3 Å². The zero-order chi connectivity index (χ0) is 19.1. The number of carbonyl (C=O) groups is 1. The quantitative estimate of drug-likeness (QED) is 0.604. The van der Waals surface area contributed by atoms with Crippen molar-refractivity contribution in [2.24, 2.45) is 0 Å². The van der Waals surface area contributed by atoms with E-state index in [1.807, 2.05) is 36.4 Å². The lowest BCUT2D eigenvalue weighted by Gasteiger charge is -2.18. The van der Waals surface area contributed by atoms with Gasteiger partial charge in [0, 0.05) is 17.5 Å². The normalized spacial score (nSPS) is 10.6. The summed E-state index contributed by atoms with van der Waals surface area (Å²) in [6.07, 6.45) is 0.794. The van der Waals surface area contributed by atoms with Crippen LogP contribution >= 0.6 is 11.6 Å². The van der Waals surface area contributed by atoms with Crippen molar-refractivity contribution in [3.05, 3.63) is 101 Å². The highest BCUT2D eigenvalue weighted by atomic mass is 35.5. The number of ether oxygens (including phenoxy) is 1. The van der Waals surface area contributed by atoms with E-state index in [1.165, 1.54) is 11.1 Å². The number of carbonyl (C=O) groups excluding carboxylic acids is 1. The van der Waals surface area contributed by atoms with E-state index in [0.717, 1.165) is 6.42 Å². The van der Waals surface area contributed by atoms with Gasteiger partial charge in [-0.05, 0) is 35.7 Å². The van der Waals surface area contributed by atoms with Crippen LogP contribution in [0.3, 0.4) is 0 Å². The summed E-state index contributed by atoms with van der Waals surface area (Å²) in [6, 6.07) is 25.7.